The Bertz CT molecular complexity index is 839. The number of fused-ring (bicyclic) bond motifs is 1. The summed E-state index contributed by atoms with van der Waals surface area (Å²) >= 11 is 0. The lowest BCUT2D eigenvalue weighted by Crippen LogP contribution is -2.00. The van der Waals surface area contributed by atoms with Gasteiger partial charge in [0.15, 0.2) is 0 Å². The van der Waals surface area contributed by atoms with Gasteiger partial charge in [-0.2, -0.15) is 4.39 Å². The summed E-state index contributed by atoms with van der Waals surface area (Å²) in [4.78, 5) is 9.91. The van der Waals surface area contributed by atoms with Gasteiger partial charge in [0, 0.05) is 24.3 Å². The Balaban J connectivity index is 1.97. The molecule has 0 saturated carbocycles. The van der Waals surface area contributed by atoms with E-state index in [1.165, 1.54) is 12.1 Å². The van der Waals surface area contributed by atoms with Crippen molar-refractivity contribution in [1.82, 2.24) is 4.57 Å². The van der Waals surface area contributed by atoms with Crippen LogP contribution < -0.4 is 0 Å². The maximum atomic E-state index is 13.7. The average molecular weight is 284 g/mol. The van der Waals surface area contributed by atoms with Gasteiger partial charge >= 0.3 is 5.69 Å². The Kier molecular flexibility index (Phi) is 3.17. The van der Waals surface area contributed by atoms with Crippen LogP contribution in [0.2, 0.25) is 0 Å². The molecular formula is C16H13FN2O2. The maximum absolute atomic E-state index is 13.7. The number of rotatable bonds is 3. The van der Waals surface area contributed by atoms with Crippen molar-refractivity contribution in [3.05, 3.63) is 75.7 Å². The van der Waals surface area contributed by atoms with E-state index in [9.17, 15) is 14.5 Å². The van der Waals surface area contributed by atoms with Gasteiger partial charge < -0.3 is 4.57 Å². The van der Waals surface area contributed by atoms with Crippen molar-refractivity contribution in [1.29, 1.82) is 0 Å². The zero-order valence-electron chi connectivity index (χ0n) is 11.4. The molecule has 1 aromatic heterocycles. The third-order valence-electron chi connectivity index (χ3n) is 3.49. The van der Waals surface area contributed by atoms with E-state index in [4.69, 9.17) is 0 Å². The summed E-state index contributed by atoms with van der Waals surface area (Å²) in [6.45, 7) is 2.49. The van der Waals surface area contributed by atoms with Crippen molar-refractivity contribution in [2.75, 3.05) is 0 Å². The lowest BCUT2D eigenvalue weighted by Gasteiger charge is -2.07. The molecule has 4 nitrogen and oxygen atoms in total. The number of nitro groups is 1. The number of benzene rings is 2. The van der Waals surface area contributed by atoms with E-state index in [0.717, 1.165) is 16.5 Å². The third kappa shape index (κ3) is 2.50. The van der Waals surface area contributed by atoms with Crippen LogP contribution in [-0.4, -0.2) is 9.49 Å². The molecule has 1 heterocycles. The largest absolute Gasteiger partial charge is 0.343 e. The van der Waals surface area contributed by atoms with E-state index in [0.29, 0.717) is 12.1 Å². The Morgan fingerprint density at radius 2 is 2.00 bits per heavy atom. The van der Waals surface area contributed by atoms with Crippen LogP contribution in [0.5, 0.6) is 0 Å². The second kappa shape index (κ2) is 5.01. The highest BCUT2D eigenvalue weighted by Gasteiger charge is 2.14. The van der Waals surface area contributed by atoms with Crippen LogP contribution in [0.15, 0.2) is 48.7 Å². The van der Waals surface area contributed by atoms with E-state index in [2.05, 4.69) is 6.07 Å². The summed E-state index contributed by atoms with van der Waals surface area (Å²) in [6, 6.07) is 12.2. The van der Waals surface area contributed by atoms with Crippen LogP contribution in [0.4, 0.5) is 10.1 Å². The van der Waals surface area contributed by atoms with Crippen LogP contribution >= 0.6 is 0 Å². The molecule has 0 saturated heterocycles. The second-order valence-corrected chi connectivity index (χ2v) is 5.05. The first-order chi connectivity index (χ1) is 10.0. The third-order valence-corrected chi connectivity index (χ3v) is 3.49. The summed E-state index contributed by atoms with van der Waals surface area (Å²) < 4.78 is 15.7. The van der Waals surface area contributed by atoms with Crippen molar-refractivity contribution in [3.63, 3.8) is 0 Å². The van der Waals surface area contributed by atoms with Gasteiger partial charge in [-0.15, -0.1) is 0 Å². The predicted octanol–water partition coefficient (Wildman–Crippen LogP) is 4.05. The Labute approximate surface area is 120 Å². The first-order valence-electron chi connectivity index (χ1n) is 6.53. The summed E-state index contributed by atoms with van der Waals surface area (Å²) in [5, 5.41) is 11.7. The molecule has 0 amide bonds. The Morgan fingerprint density at radius 3 is 2.71 bits per heavy atom. The minimum Gasteiger partial charge on any atom is -0.343 e. The standard InChI is InChI=1S/C16H13FN2O2/c1-11-2-4-13-6-7-18(16(13)8-11)10-12-3-5-15(19(20)21)14(17)9-12/h2-9H,10H2,1H3. The van der Waals surface area contributed by atoms with E-state index < -0.39 is 16.4 Å². The number of nitrogens with zero attached hydrogens (tertiary/aromatic N) is 2. The average Bonchev–Trinajstić information content (AvgIpc) is 2.81. The number of nitro benzene ring substituents is 1. The van der Waals surface area contributed by atoms with E-state index >= 15 is 0 Å². The topological polar surface area (TPSA) is 48.1 Å². The molecule has 0 fully saturated rings. The fourth-order valence-electron chi connectivity index (χ4n) is 2.43. The molecule has 3 rings (SSSR count). The van der Waals surface area contributed by atoms with Gasteiger partial charge in [-0.25, -0.2) is 0 Å². The number of aryl methyl sites for hydroxylation is 1. The molecule has 0 atom stereocenters. The molecule has 0 aliphatic rings. The van der Waals surface area contributed by atoms with Crippen molar-refractivity contribution < 1.29 is 9.31 Å². The molecule has 0 aliphatic carbocycles. The fraction of sp³-hybridized carbons (Fsp3) is 0.125. The molecule has 0 spiro atoms. The molecule has 0 radical (unpaired) electrons. The molecule has 21 heavy (non-hydrogen) atoms. The number of halogens is 1. The zero-order valence-corrected chi connectivity index (χ0v) is 11.4. The normalized spacial score (nSPS) is 11.0. The predicted molar refractivity (Wildman–Crippen MR) is 78.8 cm³/mol. The van der Waals surface area contributed by atoms with Gasteiger partial charge in [-0.1, -0.05) is 18.2 Å². The zero-order chi connectivity index (χ0) is 15.0. The van der Waals surface area contributed by atoms with E-state index in [-0.39, 0.29) is 0 Å². The molecule has 5 heteroatoms. The van der Waals surface area contributed by atoms with Crippen LogP contribution in [0.3, 0.4) is 0 Å². The van der Waals surface area contributed by atoms with Crippen molar-refractivity contribution in [2.24, 2.45) is 0 Å². The van der Waals surface area contributed by atoms with Crippen LogP contribution in [0.25, 0.3) is 10.9 Å². The maximum Gasteiger partial charge on any atom is 0.304 e. The highest BCUT2D eigenvalue weighted by molar-refractivity contribution is 5.80. The highest BCUT2D eigenvalue weighted by Crippen LogP contribution is 2.21. The van der Waals surface area contributed by atoms with E-state index in [1.807, 2.05) is 35.9 Å². The van der Waals surface area contributed by atoms with Gasteiger partial charge in [0.2, 0.25) is 5.82 Å². The molecule has 0 bridgehead atoms. The fourth-order valence-corrected chi connectivity index (χ4v) is 2.43. The molecule has 106 valence electrons. The SMILES string of the molecule is Cc1ccc2ccn(Cc3ccc([N+](=O)[O-])c(F)c3)c2c1. The lowest BCUT2D eigenvalue weighted by atomic mass is 10.1. The van der Waals surface area contributed by atoms with Crippen molar-refractivity contribution in [3.8, 4) is 0 Å². The second-order valence-electron chi connectivity index (χ2n) is 5.05. The summed E-state index contributed by atoms with van der Waals surface area (Å²) in [7, 11) is 0. The van der Waals surface area contributed by atoms with Crippen LogP contribution in [0, 0.1) is 22.9 Å². The molecule has 0 N–H and O–H groups in total. The summed E-state index contributed by atoms with van der Waals surface area (Å²) in [5.74, 6) is -0.801. The first-order valence-corrected chi connectivity index (χ1v) is 6.53. The Morgan fingerprint density at radius 1 is 1.19 bits per heavy atom. The minimum absolute atomic E-state index is 0.474. The smallest absolute Gasteiger partial charge is 0.304 e. The lowest BCUT2D eigenvalue weighted by molar-refractivity contribution is -0.387. The molecule has 0 aliphatic heterocycles. The highest BCUT2D eigenvalue weighted by atomic mass is 19.1. The van der Waals surface area contributed by atoms with E-state index in [1.54, 1.807) is 6.07 Å². The number of hydrogen-bond donors (Lipinski definition) is 0. The minimum atomic E-state index is -0.801. The van der Waals surface area contributed by atoms with Crippen LogP contribution in [0.1, 0.15) is 11.1 Å². The van der Waals surface area contributed by atoms with Gasteiger partial charge in [-0.3, -0.25) is 10.1 Å². The first kappa shape index (κ1) is 13.3. The van der Waals surface area contributed by atoms with Crippen molar-refractivity contribution in [2.45, 2.75) is 13.5 Å². The van der Waals surface area contributed by atoms with Crippen LogP contribution in [-0.2, 0) is 6.54 Å². The van der Waals surface area contributed by atoms with Crippen molar-refractivity contribution >= 4 is 16.6 Å². The number of hydrogen-bond acceptors (Lipinski definition) is 2. The summed E-state index contributed by atoms with van der Waals surface area (Å²) in [6.07, 6.45) is 1.93. The quantitative estimate of drug-likeness (QED) is 0.538. The van der Waals surface area contributed by atoms with Gasteiger partial charge in [-0.05, 0) is 41.6 Å². The molecular weight excluding hydrogens is 271 g/mol. The Hall–Kier alpha value is -2.69. The van der Waals surface area contributed by atoms with Gasteiger partial charge in [0.25, 0.3) is 0 Å². The van der Waals surface area contributed by atoms with Gasteiger partial charge in [0.1, 0.15) is 0 Å². The molecule has 0 unspecified atom stereocenters. The molecule has 2 aromatic carbocycles. The molecule has 3 aromatic rings. The summed E-state index contributed by atoms with van der Waals surface area (Å²) in [5.41, 5.74) is 2.41. The monoisotopic (exact) mass is 284 g/mol. The number of aromatic nitrogens is 1. The van der Waals surface area contributed by atoms with Gasteiger partial charge in [0.05, 0.1) is 4.92 Å².